The zero-order valence-electron chi connectivity index (χ0n) is 45.5. The van der Waals surface area contributed by atoms with Crippen LogP contribution in [-0.4, -0.2) is 161 Å². The van der Waals surface area contributed by atoms with Crippen LogP contribution in [-0.2, 0) is 38.2 Å². The van der Waals surface area contributed by atoms with Crippen molar-refractivity contribution < 1.29 is 88.9 Å². The lowest BCUT2D eigenvalue weighted by Crippen LogP contribution is -2.61. The highest BCUT2D eigenvalue weighted by atomic mass is 16.7. The number of nitrogens with two attached hydrogens (primary N) is 2. The number of hydrogen-bond donors (Lipinski definition) is 11. The second kappa shape index (κ2) is 35.2. The van der Waals surface area contributed by atoms with E-state index in [9.17, 15) is 74.7 Å². The summed E-state index contributed by atoms with van der Waals surface area (Å²) in [4.78, 5) is 77.3. The van der Waals surface area contributed by atoms with E-state index in [4.69, 9.17) is 25.7 Å². The summed E-state index contributed by atoms with van der Waals surface area (Å²) >= 11 is 0. The van der Waals surface area contributed by atoms with Gasteiger partial charge in [-0.15, -0.1) is 0 Å². The Morgan fingerprint density at radius 2 is 1.22 bits per heavy atom. The molecule has 3 rings (SSSR count). The normalized spacial score (nSPS) is 34.7. The van der Waals surface area contributed by atoms with Gasteiger partial charge in [0.15, 0.2) is 12.1 Å². The Kier molecular flexibility index (Phi) is 30.1. The molecule has 20 heteroatoms. The average molecular weight is 1110 g/mol. The minimum Gasteiger partial charge on any atom is -0.481 e. The number of rotatable bonds is 10. The van der Waals surface area contributed by atoms with Crippen LogP contribution in [0.25, 0.3) is 0 Å². The molecule has 2 aliphatic rings. The summed E-state index contributed by atoms with van der Waals surface area (Å²) in [6.07, 6.45) is 4.21. The summed E-state index contributed by atoms with van der Waals surface area (Å²) in [5, 5.41) is 96.0. The summed E-state index contributed by atoms with van der Waals surface area (Å²) in [5.74, 6) is -7.43. The van der Waals surface area contributed by atoms with Crippen molar-refractivity contribution >= 4 is 40.8 Å². The fourth-order valence-electron chi connectivity index (χ4n) is 9.37. The molecular weight excluding hydrogens is 1020 g/mol. The maximum Gasteiger partial charge on any atom is 0.313 e. The van der Waals surface area contributed by atoms with Crippen LogP contribution in [0.4, 0.5) is 5.69 Å². The highest BCUT2D eigenvalue weighted by Gasteiger charge is 2.43. The van der Waals surface area contributed by atoms with E-state index in [0.29, 0.717) is 17.7 Å². The largest absolute Gasteiger partial charge is 0.481 e. The van der Waals surface area contributed by atoms with Gasteiger partial charge in [0.1, 0.15) is 41.9 Å². The molecule has 79 heavy (non-hydrogen) atoms. The van der Waals surface area contributed by atoms with Crippen molar-refractivity contribution in [1.29, 1.82) is 0 Å². The highest BCUT2D eigenvalue weighted by Crippen LogP contribution is 2.29. The van der Waals surface area contributed by atoms with Crippen molar-refractivity contribution in [3.05, 3.63) is 115 Å². The van der Waals surface area contributed by atoms with Crippen molar-refractivity contribution in [2.24, 2.45) is 29.4 Å². The van der Waals surface area contributed by atoms with Gasteiger partial charge < -0.3 is 71.6 Å². The first-order valence-corrected chi connectivity index (χ1v) is 26.9. The zero-order valence-corrected chi connectivity index (χ0v) is 45.5. The Bertz CT molecular complexity index is 2310. The number of esters is 1. The Balaban J connectivity index is 1.83. The molecule has 2 aliphatic heterocycles. The Labute approximate surface area is 462 Å². The van der Waals surface area contributed by atoms with Crippen molar-refractivity contribution in [2.45, 2.75) is 184 Å². The molecule has 20 nitrogen and oxygen atoms in total. The van der Waals surface area contributed by atoms with E-state index in [1.54, 1.807) is 98.0 Å². The number of nitrogen functional groups attached to an aromatic ring is 1. The second-order valence-electron chi connectivity index (χ2n) is 20.9. The first-order chi connectivity index (χ1) is 37.4. The van der Waals surface area contributed by atoms with E-state index in [1.807, 2.05) is 19.9 Å². The maximum atomic E-state index is 13.3. The molecule has 0 radical (unpaired) electrons. The number of Topliss-reactive ketones (excluding diaryl/α,β-unsaturated/α-hetero) is 4. The monoisotopic (exact) mass is 1110 g/mol. The first-order valence-electron chi connectivity index (χ1n) is 26.9. The molecule has 1 aromatic rings. The number of aliphatic hydroxyl groups is 8. The number of carboxylic acids is 1. The van der Waals surface area contributed by atoms with Gasteiger partial charge in [0, 0.05) is 62.1 Å². The van der Waals surface area contributed by atoms with E-state index in [-0.39, 0.29) is 55.6 Å². The van der Waals surface area contributed by atoms with Crippen LogP contribution in [0.5, 0.6) is 0 Å². The van der Waals surface area contributed by atoms with Gasteiger partial charge in [-0.3, -0.25) is 28.8 Å². The van der Waals surface area contributed by atoms with E-state index in [2.05, 4.69) is 0 Å². The van der Waals surface area contributed by atoms with Gasteiger partial charge in [-0.2, -0.15) is 0 Å². The fraction of sp³-hybridized carbons (Fsp3) is 0.559. The Morgan fingerprint density at radius 3 is 1.78 bits per heavy atom. The number of carbonyl (C=O) groups is 6. The third kappa shape index (κ3) is 25.2. The van der Waals surface area contributed by atoms with Crippen molar-refractivity contribution in [3.63, 3.8) is 0 Å². The molecule has 17 atom stereocenters. The molecule has 0 aromatic heterocycles. The maximum absolute atomic E-state index is 13.3. The van der Waals surface area contributed by atoms with Gasteiger partial charge in [0.05, 0.1) is 61.0 Å². The van der Waals surface area contributed by atoms with Gasteiger partial charge in [-0.25, -0.2) is 0 Å². The minimum atomic E-state index is -1.95. The molecule has 438 valence electrons. The summed E-state index contributed by atoms with van der Waals surface area (Å²) in [6.45, 7) is 7.02. The molecule has 1 fully saturated rings. The standard InChI is InChI=1S/C59H84N2O18/c1-35-18-15-13-11-9-7-5-6-8-10-12-14-16-21-47(78-59-56(74)54(61)55(73)38(4)77-59)33-51(71)53(58(75)76)50(70)31-46(67)30-45(66)29-44(65)28-43(64)27-41(62)19-17-20-42(63)32-52(72)79-57(35)37(3)26-36(2)48(68)34-49(69)39-22-24-40(60)25-23-39/h5-16,18,21-25,35-38,43-45,47-48,50-51,53-57,59,64-66,68,70-71,73-74H,17,19-20,26-34,60-61H2,1-4H3,(H,75,76)/b6-5+,9-7+,10-8+,13-11-,14-12+,18-15+,21-16+/t35-,36-,37-,38+,43-,44-,45-,47-,48-,50-,51-,53+,54-,55+,56-,57-,59-/m0/s1. The van der Waals surface area contributed by atoms with Gasteiger partial charge in [0.2, 0.25) is 0 Å². The minimum absolute atomic E-state index is 0.0615. The number of hydrogen-bond acceptors (Lipinski definition) is 19. The van der Waals surface area contributed by atoms with Crippen LogP contribution in [0.15, 0.2) is 109 Å². The number of carbonyl (C=O) groups excluding carboxylic acids is 5. The molecule has 1 saturated heterocycles. The molecule has 0 aliphatic carbocycles. The fourth-order valence-corrected chi connectivity index (χ4v) is 9.37. The van der Waals surface area contributed by atoms with E-state index >= 15 is 0 Å². The quantitative estimate of drug-likeness (QED) is 0.0690. The van der Waals surface area contributed by atoms with Gasteiger partial charge in [-0.05, 0) is 68.7 Å². The number of ketones is 4. The first kappa shape index (κ1) is 67.7. The van der Waals surface area contributed by atoms with Crippen LogP contribution >= 0.6 is 0 Å². The molecule has 0 amide bonds. The molecular formula is C59H84N2O18. The van der Waals surface area contributed by atoms with Crippen LogP contribution in [0.2, 0.25) is 0 Å². The van der Waals surface area contributed by atoms with Crippen LogP contribution < -0.4 is 11.5 Å². The molecule has 13 N–H and O–H groups in total. The van der Waals surface area contributed by atoms with Crippen LogP contribution in [0.1, 0.15) is 115 Å². The number of allylic oxidation sites excluding steroid dienone is 12. The number of aliphatic carboxylic acids is 1. The number of anilines is 1. The summed E-state index contributed by atoms with van der Waals surface area (Å²) < 4.78 is 17.5. The SMILES string of the molecule is C[C@H]1/C=C/C=C\C=C\C=C\C=C\C=C\C=C\[C@H](O[C@@H]2O[C@H](C)[C@@H](O)[C@H](N)[C@@H]2O)C[C@H](O)[C@H](C(=O)O)[C@@H](O)CC(=O)C[C@@H](O)C[C@@H](O)C[C@@H](O)CC(=O)CCCC(=O)CC(=O)O[C@@H]1[C@@H](C)C[C@H](C)[C@@H](O)CC(=O)c1ccc(N)cc1. The van der Waals surface area contributed by atoms with Crippen molar-refractivity contribution in [3.8, 4) is 0 Å². The van der Waals surface area contributed by atoms with E-state index in [1.165, 1.54) is 19.1 Å². The molecule has 0 unspecified atom stereocenters. The number of cyclic esters (lactones) is 1. The number of carboxylic acid groups (broad SMARTS) is 1. The van der Waals surface area contributed by atoms with Gasteiger partial charge in [-0.1, -0.05) is 106 Å². The third-order valence-electron chi connectivity index (χ3n) is 13.8. The van der Waals surface area contributed by atoms with E-state index in [0.717, 1.165) is 0 Å². The number of aliphatic hydroxyl groups excluding tert-OH is 8. The summed E-state index contributed by atoms with van der Waals surface area (Å²) in [6, 6.07) is 5.24. The third-order valence-corrected chi connectivity index (χ3v) is 13.8. The molecule has 1 aromatic carbocycles. The lowest BCUT2D eigenvalue weighted by atomic mass is 9.83. The summed E-state index contributed by atoms with van der Waals surface area (Å²) in [7, 11) is 0. The molecule has 0 bridgehead atoms. The Hall–Kier alpha value is -5.62. The molecule has 2 heterocycles. The predicted octanol–water partition coefficient (Wildman–Crippen LogP) is 3.61. The Morgan fingerprint density at radius 1 is 0.684 bits per heavy atom. The van der Waals surface area contributed by atoms with Crippen molar-refractivity contribution in [1.82, 2.24) is 0 Å². The smallest absolute Gasteiger partial charge is 0.313 e. The highest BCUT2D eigenvalue weighted by molar-refractivity contribution is 5.97. The number of ether oxygens (including phenoxy) is 3. The van der Waals surface area contributed by atoms with E-state index < -0.39 is 153 Å². The average Bonchev–Trinajstić information content (AvgIpc) is 3.36. The van der Waals surface area contributed by atoms with Crippen molar-refractivity contribution in [2.75, 3.05) is 5.73 Å². The lowest BCUT2D eigenvalue weighted by Gasteiger charge is -2.41. The van der Waals surface area contributed by atoms with Gasteiger partial charge in [0.25, 0.3) is 0 Å². The van der Waals surface area contributed by atoms with Crippen LogP contribution in [0.3, 0.4) is 0 Å². The second-order valence-corrected chi connectivity index (χ2v) is 20.9. The zero-order chi connectivity index (χ0) is 58.8. The van der Waals surface area contributed by atoms with Crippen LogP contribution in [0, 0.1) is 23.7 Å². The predicted molar refractivity (Wildman–Crippen MR) is 293 cm³/mol. The lowest BCUT2D eigenvalue weighted by molar-refractivity contribution is -0.277. The van der Waals surface area contributed by atoms with Gasteiger partial charge >= 0.3 is 11.9 Å². The number of benzene rings is 1. The molecule has 0 spiro atoms. The topological polar surface area (TPSA) is 364 Å². The molecule has 0 saturated carbocycles. The summed E-state index contributed by atoms with van der Waals surface area (Å²) in [5.41, 5.74) is 12.7.